The minimum absolute atomic E-state index is 0. The van der Waals surface area contributed by atoms with Crippen LogP contribution < -0.4 is 15.5 Å². The summed E-state index contributed by atoms with van der Waals surface area (Å²) < 4.78 is 0. The van der Waals surface area contributed by atoms with E-state index in [1.165, 1.54) is 5.56 Å². The molecule has 1 aliphatic rings. The first-order chi connectivity index (χ1) is 13.7. The average molecular weight is 528 g/mol. The summed E-state index contributed by atoms with van der Waals surface area (Å²) in [4.78, 5) is 11.4. The molecule has 1 aromatic heterocycles. The number of hydrogen-bond donors (Lipinski definition) is 2. The molecule has 1 saturated heterocycles. The molecule has 3 rings (SSSR count). The zero-order valence-corrected chi connectivity index (χ0v) is 20.3. The van der Waals surface area contributed by atoms with Crippen molar-refractivity contribution in [2.75, 3.05) is 31.6 Å². The molecule has 29 heavy (non-hydrogen) atoms. The van der Waals surface area contributed by atoms with Gasteiger partial charge in [0.2, 0.25) is 0 Å². The Balaban J connectivity index is 0.00000300. The molecule has 2 aromatic rings. The maximum atomic E-state index is 6.22. The lowest BCUT2D eigenvalue weighted by atomic mass is 10.1. The van der Waals surface area contributed by atoms with Gasteiger partial charge in [-0.2, -0.15) is 0 Å². The summed E-state index contributed by atoms with van der Waals surface area (Å²) in [5.74, 6) is 1.96. The van der Waals surface area contributed by atoms with Gasteiger partial charge in [0.1, 0.15) is 5.82 Å². The molecule has 5 nitrogen and oxygen atoms in total. The molecule has 1 aromatic carbocycles. The van der Waals surface area contributed by atoms with Gasteiger partial charge < -0.3 is 15.5 Å². The Morgan fingerprint density at radius 1 is 1.17 bits per heavy atom. The maximum Gasteiger partial charge on any atom is 0.191 e. The summed E-state index contributed by atoms with van der Waals surface area (Å²) in [5.41, 5.74) is 2.27. The zero-order chi connectivity index (χ0) is 19.8. The maximum absolute atomic E-state index is 6.22. The van der Waals surface area contributed by atoms with E-state index in [1.54, 1.807) is 0 Å². The second-order valence-corrected chi connectivity index (χ2v) is 7.64. The normalized spacial score (nSPS) is 15.0. The summed E-state index contributed by atoms with van der Waals surface area (Å²) >= 11 is 6.22. The molecule has 0 saturated carbocycles. The number of aromatic nitrogens is 1. The Morgan fingerprint density at radius 3 is 2.62 bits per heavy atom. The van der Waals surface area contributed by atoms with Crippen molar-refractivity contribution in [2.24, 2.45) is 4.99 Å². The van der Waals surface area contributed by atoms with Gasteiger partial charge in [0.25, 0.3) is 0 Å². The second kappa shape index (κ2) is 12.2. The number of halogens is 2. The van der Waals surface area contributed by atoms with E-state index in [9.17, 15) is 0 Å². The van der Waals surface area contributed by atoms with Crippen LogP contribution in [0.1, 0.15) is 30.5 Å². The van der Waals surface area contributed by atoms with Crippen molar-refractivity contribution in [3.63, 3.8) is 0 Å². The van der Waals surface area contributed by atoms with Gasteiger partial charge in [0.15, 0.2) is 5.96 Å². The van der Waals surface area contributed by atoms with Crippen LogP contribution in [0.25, 0.3) is 0 Å². The number of aryl methyl sites for hydroxylation is 2. The van der Waals surface area contributed by atoms with E-state index < -0.39 is 0 Å². The van der Waals surface area contributed by atoms with Gasteiger partial charge in [-0.25, -0.2) is 4.98 Å². The van der Waals surface area contributed by atoms with Gasteiger partial charge in [-0.3, -0.25) is 4.99 Å². The SMILES string of the molecule is CN=C(NCCCc1ccccc1Cl)NC1CCN(c2cccc(C)n2)CC1.I. The summed E-state index contributed by atoms with van der Waals surface area (Å²) in [6, 6.07) is 14.7. The van der Waals surface area contributed by atoms with Gasteiger partial charge >= 0.3 is 0 Å². The van der Waals surface area contributed by atoms with Gasteiger partial charge in [0.05, 0.1) is 0 Å². The number of aliphatic imine (C=N–C) groups is 1. The van der Waals surface area contributed by atoms with E-state index in [2.05, 4.69) is 43.7 Å². The van der Waals surface area contributed by atoms with Gasteiger partial charge in [0, 0.05) is 43.4 Å². The molecular weight excluding hydrogens is 497 g/mol. The number of guanidine groups is 1. The lowest BCUT2D eigenvalue weighted by Crippen LogP contribution is -2.49. The molecule has 158 valence electrons. The van der Waals surface area contributed by atoms with Crippen LogP contribution in [0.5, 0.6) is 0 Å². The van der Waals surface area contributed by atoms with Gasteiger partial charge in [-0.15, -0.1) is 24.0 Å². The number of rotatable bonds is 6. The fourth-order valence-corrected chi connectivity index (χ4v) is 3.76. The molecule has 2 heterocycles. The number of pyridine rings is 1. The number of anilines is 1. The lowest BCUT2D eigenvalue weighted by Gasteiger charge is -2.34. The molecule has 2 N–H and O–H groups in total. The largest absolute Gasteiger partial charge is 0.356 e. The first kappa shape index (κ1) is 23.7. The van der Waals surface area contributed by atoms with E-state index in [4.69, 9.17) is 11.6 Å². The number of nitrogens with zero attached hydrogens (tertiary/aromatic N) is 3. The quantitative estimate of drug-likeness (QED) is 0.253. The average Bonchev–Trinajstić information content (AvgIpc) is 2.72. The van der Waals surface area contributed by atoms with E-state index >= 15 is 0 Å². The highest BCUT2D eigenvalue weighted by molar-refractivity contribution is 14.0. The molecule has 0 unspecified atom stereocenters. The number of nitrogens with one attached hydrogen (secondary N) is 2. The number of hydrogen-bond acceptors (Lipinski definition) is 3. The van der Waals surface area contributed by atoms with Crippen molar-refractivity contribution in [3.8, 4) is 0 Å². The van der Waals surface area contributed by atoms with Crippen LogP contribution in [-0.4, -0.2) is 43.7 Å². The third-order valence-corrected chi connectivity index (χ3v) is 5.50. The fraction of sp³-hybridized carbons (Fsp3) is 0.455. The van der Waals surface area contributed by atoms with Crippen LogP contribution in [0, 0.1) is 6.92 Å². The molecule has 0 atom stereocenters. The summed E-state index contributed by atoms with van der Waals surface area (Å²) in [6.45, 7) is 4.94. The summed E-state index contributed by atoms with van der Waals surface area (Å²) in [5, 5.41) is 7.84. The fourth-order valence-electron chi connectivity index (χ4n) is 3.53. The van der Waals surface area contributed by atoms with E-state index in [-0.39, 0.29) is 24.0 Å². The Kier molecular flexibility index (Phi) is 10.0. The molecular formula is C22H31ClIN5. The third kappa shape index (κ3) is 7.33. The van der Waals surface area contributed by atoms with Crippen LogP contribution in [-0.2, 0) is 6.42 Å². The highest BCUT2D eigenvalue weighted by Crippen LogP contribution is 2.18. The van der Waals surface area contributed by atoms with Crippen molar-refractivity contribution >= 4 is 47.4 Å². The molecule has 0 bridgehead atoms. The minimum Gasteiger partial charge on any atom is -0.356 e. The van der Waals surface area contributed by atoms with Crippen LogP contribution in [0.15, 0.2) is 47.5 Å². The molecule has 7 heteroatoms. The summed E-state index contributed by atoms with van der Waals surface area (Å²) in [7, 11) is 1.83. The van der Waals surface area contributed by atoms with Crippen molar-refractivity contribution < 1.29 is 0 Å². The first-order valence-electron chi connectivity index (χ1n) is 10.0. The monoisotopic (exact) mass is 527 g/mol. The molecule has 1 fully saturated rings. The molecule has 0 aliphatic carbocycles. The third-order valence-electron chi connectivity index (χ3n) is 5.13. The van der Waals surface area contributed by atoms with Crippen molar-refractivity contribution in [3.05, 3.63) is 58.7 Å². The van der Waals surface area contributed by atoms with Crippen molar-refractivity contribution in [2.45, 2.75) is 38.6 Å². The Morgan fingerprint density at radius 2 is 1.93 bits per heavy atom. The van der Waals surface area contributed by atoms with Crippen LogP contribution in [0.2, 0.25) is 5.02 Å². The van der Waals surface area contributed by atoms with Gasteiger partial charge in [-0.1, -0.05) is 35.9 Å². The Bertz CT molecular complexity index is 790. The number of benzene rings is 1. The smallest absolute Gasteiger partial charge is 0.191 e. The zero-order valence-electron chi connectivity index (χ0n) is 17.2. The molecule has 0 amide bonds. The number of piperidine rings is 1. The predicted octanol–water partition coefficient (Wildman–Crippen LogP) is 4.43. The van der Waals surface area contributed by atoms with E-state index in [0.29, 0.717) is 6.04 Å². The van der Waals surface area contributed by atoms with Crippen molar-refractivity contribution in [1.82, 2.24) is 15.6 Å². The highest BCUT2D eigenvalue weighted by atomic mass is 127. The first-order valence-corrected chi connectivity index (χ1v) is 10.4. The molecule has 0 radical (unpaired) electrons. The van der Waals surface area contributed by atoms with Crippen LogP contribution in [0.3, 0.4) is 0 Å². The Labute approximate surface area is 196 Å². The molecule has 1 aliphatic heterocycles. The van der Waals surface area contributed by atoms with E-state index in [1.807, 2.05) is 38.2 Å². The Hall–Kier alpha value is -1.54. The van der Waals surface area contributed by atoms with Crippen molar-refractivity contribution in [1.29, 1.82) is 0 Å². The highest BCUT2D eigenvalue weighted by Gasteiger charge is 2.20. The van der Waals surface area contributed by atoms with Gasteiger partial charge in [-0.05, 0) is 56.4 Å². The minimum atomic E-state index is 0. The van der Waals surface area contributed by atoms with Crippen LogP contribution >= 0.6 is 35.6 Å². The predicted molar refractivity (Wildman–Crippen MR) is 134 cm³/mol. The van der Waals surface area contributed by atoms with Crippen LogP contribution in [0.4, 0.5) is 5.82 Å². The second-order valence-electron chi connectivity index (χ2n) is 7.24. The lowest BCUT2D eigenvalue weighted by molar-refractivity contribution is 0.459. The topological polar surface area (TPSA) is 52.6 Å². The van der Waals surface area contributed by atoms with E-state index in [0.717, 1.165) is 67.8 Å². The standard InChI is InChI=1S/C22H30ClN5.HI/c1-17-7-5-11-21(26-17)28-15-12-19(13-16-28)27-22(24-2)25-14-6-9-18-8-3-4-10-20(18)23;/h3-5,7-8,10-11,19H,6,9,12-16H2,1-2H3,(H2,24,25,27);1H. The molecule has 0 spiro atoms. The summed E-state index contributed by atoms with van der Waals surface area (Å²) in [6.07, 6.45) is 4.14.